The number of thiophene rings is 1. The van der Waals surface area contributed by atoms with E-state index in [4.69, 9.17) is 0 Å². The Morgan fingerprint density at radius 1 is 0.775 bits per heavy atom. The second-order valence-electron chi connectivity index (χ2n) is 10.2. The molecule has 0 N–H and O–H groups in total. The number of hydrogen-bond donors (Lipinski definition) is 0. The van der Waals surface area contributed by atoms with Crippen molar-refractivity contribution in [2.24, 2.45) is 0 Å². The Bertz CT molecular complexity index is 1370. The molecule has 0 aliphatic carbocycles. The second-order valence-corrected chi connectivity index (χ2v) is 11.2. The fourth-order valence-electron chi connectivity index (χ4n) is 5.04. The summed E-state index contributed by atoms with van der Waals surface area (Å²) in [5, 5.41) is 1.99. The summed E-state index contributed by atoms with van der Waals surface area (Å²) in [5.74, 6) is -0.588. The third-order valence-corrected chi connectivity index (χ3v) is 8.16. The average molecular weight is 556 g/mol. The van der Waals surface area contributed by atoms with Crippen molar-refractivity contribution in [3.05, 3.63) is 118 Å². The van der Waals surface area contributed by atoms with Gasteiger partial charge >= 0.3 is 0 Å². The molecular weight excluding hydrogens is 521 g/mol. The second kappa shape index (κ2) is 13.5. The summed E-state index contributed by atoms with van der Waals surface area (Å²) < 4.78 is 13.5. The van der Waals surface area contributed by atoms with Gasteiger partial charge in [0.25, 0.3) is 5.91 Å². The van der Waals surface area contributed by atoms with Gasteiger partial charge in [-0.25, -0.2) is 4.39 Å². The molecule has 0 spiro atoms. The van der Waals surface area contributed by atoms with E-state index in [1.165, 1.54) is 25.0 Å². The van der Waals surface area contributed by atoms with Crippen LogP contribution in [0, 0.1) is 5.82 Å². The third kappa shape index (κ3) is 7.43. The van der Waals surface area contributed by atoms with Gasteiger partial charge in [0.05, 0.1) is 6.54 Å². The molecule has 1 fully saturated rings. The summed E-state index contributed by atoms with van der Waals surface area (Å²) in [6.45, 7) is 4.04. The molecule has 5 rings (SSSR count). The third-order valence-electron chi connectivity index (χ3n) is 7.30. The van der Waals surface area contributed by atoms with E-state index in [0.717, 1.165) is 41.2 Å². The van der Waals surface area contributed by atoms with Gasteiger partial charge in [0.15, 0.2) is 0 Å². The lowest BCUT2D eigenvalue weighted by Crippen LogP contribution is -2.45. The molecule has 4 aromatic rings. The first-order valence-corrected chi connectivity index (χ1v) is 14.6. The average Bonchev–Trinajstić information content (AvgIpc) is 3.71. The van der Waals surface area contributed by atoms with Crippen LogP contribution in [0.3, 0.4) is 0 Å². The molecule has 1 aliphatic heterocycles. The van der Waals surface area contributed by atoms with E-state index >= 15 is 0 Å². The van der Waals surface area contributed by atoms with Crippen LogP contribution in [-0.2, 0) is 17.9 Å². The molecule has 0 atom stereocenters. The summed E-state index contributed by atoms with van der Waals surface area (Å²) in [5.41, 5.74) is 3.54. The van der Waals surface area contributed by atoms with Crippen molar-refractivity contribution in [1.82, 2.24) is 14.7 Å². The Morgan fingerprint density at radius 3 is 2.15 bits per heavy atom. The standard InChI is InChI=1S/C33H34FN3O2S/c34-30-16-10-26(11-17-30)23-37(24-31-9-6-22-40-31)32(38)25-36(21-20-35-18-4-5-19-35)33(39)29-14-12-28(13-15-29)27-7-2-1-3-8-27/h1-3,6-17,22H,4-5,18-21,23-25H2. The van der Waals surface area contributed by atoms with Gasteiger partial charge in [-0.2, -0.15) is 0 Å². The topological polar surface area (TPSA) is 43.9 Å². The van der Waals surface area contributed by atoms with Crippen LogP contribution in [0.5, 0.6) is 0 Å². The maximum atomic E-state index is 13.8. The van der Waals surface area contributed by atoms with E-state index < -0.39 is 0 Å². The van der Waals surface area contributed by atoms with Gasteiger partial charge in [-0.05, 0) is 78.3 Å². The first-order chi connectivity index (χ1) is 19.5. The molecule has 7 heteroatoms. The van der Waals surface area contributed by atoms with Crippen molar-refractivity contribution in [2.45, 2.75) is 25.9 Å². The lowest BCUT2D eigenvalue weighted by atomic mass is 10.0. The fourth-order valence-corrected chi connectivity index (χ4v) is 5.76. The molecular formula is C33H34FN3O2S. The van der Waals surface area contributed by atoms with Crippen molar-refractivity contribution >= 4 is 23.2 Å². The van der Waals surface area contributed by atoms with Gasteiger partial charge in [-0.3, -0.25) is 9.59 Å². The lowest BCUT2D eigenvalue weighted by Gasteiger charge is -2.29. The quantitative estimate of drug-likeness (QED) is 0.218. The maximum Gasteiger partial charge on any atom is 0.254 e. The molecule has 3 aromatic carbocycles. The molecule has 1 saturated heterocycles. The molecule has 1 aliphatic rings. The van der Waals surface area contributed by atoms with Crippen LogP contribution in [0.4, 0.5) is 4.39 Å². The van der Waals surface area contributed by atoms with Crippen molar-refractivity contribution in [3.63, 3.8) is 0 Å². The monoisotopic (exact) mass is 555 g/mol. The Morgan fingerprint density at radius 2 is 1.48 bits per heavy atom. The van der Waals surface area contributed by atoms with Gasteiger partial charge in [0.1, 0.15) is 12.4 Å². The van der Waals surface area contributed by atoms with Crippen molar-refractivity contribution in [1.29, 1.82) is 0 Å². The smallest absolute Gasteiger partial charge is 0.254 e. The van der Waals surface area contributed by atoms with E-state index in [2.05, 4.69) is 4.90 Å². The molecule has 206 valence electrons. The summed E-state index contributed by atoms with van der Waals surface area (Å²) in [7, 11) is 0. The zero-order valence-corrected chi connectivity index (χ0v) is 23.4. The number of hydrogen-bond acceptors (Lipinski definition) is 4. The van der Waals surface area contributed by atoms with Crippen molar-refractivity contribution < 1.29 is 14.0 Å². The number of benzene rings is 3. The molecule has 1 aromatic heterocycles. The molecule has 40 heavy (non-hydrogen) atoms. The zero-order valence-electron chi connectivity index (χ0n) is 22.5. The SMILES string of the molecule is O=C(CN(CCN1CCCC1)C(=O)c1ccc(-c2ccccc2)cc1)N(Cc1ccc(F)cc1)Cc1cccs1. The van der Waals surface area contributed by atoms with Crippen LogP contribution < -0.4 is 0 Å². The molecule has 0 saturated carbocycles. The lowest BCUT2D eigenvalue weighted by molar-refractivity contribution is -0.133. The minimum Gasteiger partial charge on any atom is -0.332 e. The highest BCUT2D eigenvalue weighted by Crippen LogP contribution is 2.21. The van der Waals surface area contributed by atoms with E-state index in [1.54, 1.807) is 33.3 Å². The van der Waals surface area contributed by atoms with Crippen molar-refractivity contribution in [2.75, 3.05) is 32.7 Å². The predicted molar refractivity (Wildman–Crippen MR) is 158 cm³/mol. The highest BCUT2D eigenvalue weighted by Gasteiger charge is 2.24. The Kier molecular flexibility index (Phi) is 9.37. The largest absolute Gasteiger partial charge is 0.332 e. The Hall–Kier alpha value is -3.81. The molecule has 2 heterocycles. The van der Waals surface area contributed by atoms with Crippen LogP contribution in [0.25, 0.3) is 11.1 Å². The minimum absolute atomic E-state index is 0.0142. The predicted octanol–water partition coefficient (Wildman–Crippen LogP) is 6.32. The van der Waals surface area contributed by atoms with Gasteiger partial charge in [-0.15, -0.1) is 11.3 Å². The number of carbonyl (C=O) groups excluding carboxylic acids is 2. The number of rotatable bonds is 11. The highest BCUT2D eigenvalue weighted by molar-refractivity contribution is 7.09. The number of halogens is 1. The van der Waals surface area contributed by atoms with Crippen LogP contribution >= 0.6 is 11.3 Å². The van der Waals surface area contributed by atoms with E-state index in [9.17, 15) is 14.0 Å². The molecule has 0 unspecified atom stereocenters. The zero-order chi connectivity index (χ0) is 27.7. The Labute approximate surface area is 239 Å². The van der Waals surface area contributed by atoms with Gasteiger partial charge in [-0.1, -0.05) is 60.7 Å². The van der Waals surface area contributed by atoms with E-state index in [1.807, 2.05) is 72.1 Å². The van der Waals surface area contributed by atoms with Gasteiger partial charge in [0, 0.05) is 30.1 Å². The summed E-state index contributed by atoms with van der Waals surface area (Å²) in [6.07, 6.45) is 2.33. The van der Waals surface area contributed by atoms with Crippen LogP contribution in [0.2, 0.25) is 0 Å². The number of carbonyl (C=O) groups is 2. The highest BCUT2D eigenvalue weighted by atomic mass is 32.1. The van der Waals surface area contributed by atoms with Crippen LogP contribution in [0.15, 0.2) is 96.4 Å². The van der Waals surface area contributed by atoms with Crippen LogP contribution in [0.1, 0.15) is 33.6 Å². The summed E-state index contributed by atoms with van der Waals surface area (Å²) in [4.78, 5) is 34.4. The van der Waals surface area contributed by atoms with Gasteiger partial charge < -0.3 is 14.7 Å². The normalized spacial score (nSPS) is 13.3. The minimum atomic E-state index is -0.308. The van der Waals surface area contributed by atoms with Crippen molar-refractivity contribution in [3.8, 4) is 11.1 Å². The number of nitrogens with zero attached hydrogens (tertiary/aromatic N) is 3. The van der Waals surface area contributed by atoms with E-state index in [-0.39, 0.29) is 24.2 Å². The first kappa shape index (κ1) is 27.7. The molecule has 0 bridgehead atoms. The molecule has 0 radical (unpaired) electrons. The summed E-state index contributed by atoms with van der Waals surface area (Å²) >= 11 is 1.59. The number of likely N-dealkylation sites (tertiary alicyclic amines) is 1. The fraction of sp³-hybridized carbons (Fsp3) is 0.273. The van der Waals surface area contributed by atoms with Crippen LogP contribution in [-0.4, -0.2) is 59.2 Å². The molecule has 5 nitrogen and oxygen atoms in total. The number of amides is 2. The summed E-state index contributed by atoms with van der Waals surface area (Å²) in [6, 6.07) is 27.9. The Balaban J connectivity index is 1.34. The van der Waals surface area contributed by atoms with Gasteiger partial charge in [0.2, 0.25) is 5.91 Å². The van der Waals surface area contributed by atoms with E-state index in [0.29, 0.717) is 25.2 Å². The first-order valence-electron chi connectivity index (χ1n) is 13.8. The molecule has 2 amide bonds. The maximum absolute atomic E-state index is 13.8.